The Labute approximate surface area is 93.8 Å². The topological polar surface area (TPSA) is 69.5 Å². The van der Waals surface area contributed by atoms with E-state index in [4.69, 9.17) is 5.26 Å². The molecule has 0 fully saturated rings. The molecule has 1 N–H and O–H groups in total. The minimum absolute atomic E-state index is 0.143. The van der Waals surface area contributed by atoms with E-state index in [1.807, 2.05) is 12.1 Å². The SMILES string of the molecule is N#Cc1cc2c([nH]c1=O)sc1cnccc12. The number of nitrogens with one attached hydrogen (secondary N) is 1. The lowest BCUT2D eigenvalue weighted by Crippen LogP contribution is -2.08. The lowest BCUT2D eigenvalue weighted by Gasteiger charge is -1.91. The summed E-state index contributed by atoms with van der Waals surface area (Å²) in [4.78, 5) is 19.0. The molecule has 5 heteroatoms. The Bertz CT molecular complexity index is 794. The first-order valence-corrected chi connectivity index (χ1v) is 5.41. The summed E-state index contributed by atoms with van der Waals surface area (Å²) < 4.78 is 1.00. The number of nitriles is 1. The largest absolute Gasteiger partial charge is 0.312 e. The summed E-state index contributed by atoms with van der Waals surface area (Å²) in [6, 6.07) is 5.40. The minimum atomic E-state index is -0.338. The first-order chi connectivity index (χ1) is 7.79. The highest BCUT2D eigenvalue weighted by molar-refractivity contribution is 7.25. The van der Waals surface area contributed by atoms with Crippen molar-refractivity contribution in [2.75, 3.05) is 0 Å². The summed E-state index contributed by atoms with van der Waals surface area (Å²) in [6.45, 7) is 0. The van der Waals surface area contributed by atoms with E-state index in [9.17, 15) is 4.79 Å². The number of hydrogen-bond donors (Lipinski definition) is 1. The monoisotopic (exact) mass is 227 g/mol. The number of fused-ring (bicyclic) bond motifs is 3. The molecule has 0 saturated heterocycles. The van der Waals surface area contributed by atoms with E-state index >= 15 is 0 Å². The third-order valence-electron chi connectivity index (χ3n) is 2.41. The van der Waals surface area contributed by atoms with Crippen LogP contribution < -0.4 is 5.56 Å². The van der Waals surface area contributed by atoms with Crippen molar-refractivity contribution < 1.29 is 0 Å². The standard InChI is InChI=1S/C11H5N3OS/c12-4-6-3-8-7-1-2-13-5-9(7)16-11(8)14-10(6)15/h1-3,5H,(H,14,15). The summed E-state index contributed by atoms with van der Waals surface area (Å²) in [7, 11) is 0. The number of thiophene rings is 1. The molecule has 0 spiro atoms. The average Bonchev–Trinajstić information content (AvgIpc) is 2.65. The molecule has 16 heavy (non-hydrogen) atoms. The summed E-state index contributed by atoms with van der Waals surface area (Å²) in [5.74, 6) is 0. The molecular weight excluding hydrogens is 222 g/mol. The molecule has 76 valence electrons. The lowest BCUT2D eigenvalue weighted by atomic mass is 10.2. The van der Waals surface area contributed by atoms with Gasteiger partial charge in [-0.05, 0) is 12.1 Å². The van der Waals surface area contributed by atoms with E-state index in [0.29, 0.717) is 0 Å². The third kappa shape index (κ3) is 1.14. The molecule has 0 amide bonds. The van der Waals surface area contributed by atoms with Gasteiger partial charge < -0.3 is 4.98 Å². The Morgan fingerprint density at radius 3 is 3.12 bits per heavy atom. The molecule has 3 aromatic rings. The number of hydrogen-bond acceptors (Lipinski definition) is 4. The van der Waals surface area contributed by atoms with Gasteiger partial charge in [0.1, 0.15) is 16.5 Å². The van der Waals surface area contributed by atoms with Crippen molar-refractivity contribution >= 4 is 31.6 Å². The first-order valence-electron chi connectivity index (χ1n) is 4.59. The van der Waals surface area contributed by atoms with E-state index in [-0.39, 0.29) is 11.1 Å². The zero-order valence-corrected chi connectivity index (χ0v) is 8.84. The van der Waals surface area contributed by atoms with Crippen molar-refractivity contribution in [2.45, 2.75) is 0 Å². The van der Waals surface area contributed by atoms with Gasteiger partial charge in [-0.15, -0.1) is 11.3 Å². The summed E-state index contributed by atoms with van der Waals surface area (Å²) >= 11 is 1.47. The molecule has 3 heterocycles. The van der Waals surface area contributed by atoms with Crippen LogP contribution in [0.25, 0.3) is 20.3 Å². The molecule has 0 radical (unpaired) electrons. The predicted molar refractivity (Wildman–Crippen MR) is 62.5 cm³/mol. The Morgan fingerprint density at radius 1 is 1.44 bits per heavy atom. The summed E-state index contributed by atoms with van der Waals surface area (Å²) in [5.41, 5.74) is -0.196. The van der Waals surface area contributed by atoms with Gasteiger partial charge in [-0.25, -0.2) is 0 Å². The highest BCUT2D eigenvalue weighted by Crippen LogP contribution is 2.30. The van der Waals surface area contributed by atoms with Crippen molar-refractivity contribution in [3.8, 4) is 6.07 Å². The van der Waals surface area contributed by atoms with Crippen LogP contribution in [-0.4, -0.2) is 9.97 Å². The van der Waals surface area contributed by atoms with Crippen LogP contribution in [0.4, 0.5) is 0 Å². The maximum Gasteiger partial charge on any atom is 0.266 e. The van der Waals surface area contributed by atoms with Crippen molar-refractivity contribution in [1.82, 2.24) is 9.97 Å². The van der Waals surface area contributed by atoms with Gasteiger partial charge in [0.2, 0.25) is 0 Å². The maximum atomic E-state index is 11.5. The van der Waals surface area contributed by atoms with E-state index < -0.39 is 0 Å². The number of pyridine rings is 2. The Hall–Kier alpha value is -2.19. The van der Waals surface area contributed by atoms with Gasteiger partial charge in [0, 0.05) is 23.2 Å². The number of rotatable bonds is 0. The second-order valence-electron chi connectivity index (χ2n) is 3.34. The second kappa shape index (κ2) is 3.15. The van der Waals surface area contributed by atoms with Gasteiger partial charge in [-0.1, -0.05) is 0 Å². The zero-order chi connectivity index (χ0) is 11.1. The zero-order valence-electron chi connectivity index (χ0n) is 8.02. The molecule has 0 aliphatic rings. The van der Waals surface area contributed by atoms with Crippen LogP contribution in [0.2, 0.25) is 0 Å². The third-order valence-corrected chi connectivity index (χ3v) is 3.48. The molecule has 0 saturated carbocycles. The highest BCUT2D eigenvalue weighted by atomic mass is 32.1. The smallest absolute Gasteiger partial charge is 0.266 e. The first kappa shape index (κ1) is 9.07. The Morgan fingerprint density at radius 2 is 2.31 bits per heavy atom. The van der Waals surface area contributed by atoms with Gasteiger partial charge in [0.25, 0.3) is 5.56 Å². The van der Waals surface area contributed by atoms with Crippen LogP contribution in [0.15, 0.2) is 29.3 Å². The Balaban J connectivity index is 2.58. The van der Waals surface area contributed by atoms with Crippen LogP contribution in [0, 0.1) is 11.3 Å². The molecule has 0 bridgehead atoms. The van der Waals surface area contributed by atoms with Gasteiger partial charge in [-0.2, -0.15) is 5.26 Å². The molecule has 3 rings (SSSR count). The lowest BCUT2D eigenvalue weighted by molar-refractivity contribution is 1.29. The van der Waals surface area contributed by atoms with E-state index in [1.54, 1.807) is 18.5 Å². The minimum Gasteiger partial charge on any atom is -0.312 e. The van der Waals surface area contributed by atoms with E-state index in [0.717, 1.165) is 20.3 Å². The van der Waals surface area contributed by atoms with Crippen molar-refractivity contribution in [2.24, 2.45) is 0 Å². The molecule has 3 aromatic heterocycles. The Kier molecular flexibility index (Phi) is 1.79. The van der Waals surface area contributed by atoms with Crippen LogP contribution in [0.1, 0.15) is 5.56 Å². The normalized spacial score (nSPS) is 10.7. The number of aromatic nitrogens is 2. The second-order valence-corrected chi connectivity index (χ2v) is 4.39. The maximum absolute atomic E-state index is 11.5. The molecule has 4 nitrogen and oxygen atoms in total. The molecule has 0 unspecified atom stereocenters. The quantitative estimate of drug-likeness (QED) is 0.638. The molecule has 0 aromatic carbocycles. The fourth-order valence-electron chi connectivity index (χ4n) is 1.67. The molecule has 0 atom stereocenters. The van der Waals surface area contributed by atoms with E-state index in [2.05, 4.69) is 9.97 Å². The average molecular weight is 227 g/mol. The van der Waals surface area contributed by atoms with Gasteiger partial charge in [0.05, 0.1) is 4.70 Å². The van der Waals surface area contributed by atoms with Crippen LogP contribution in [-0.2, 0) is 0 Å². The summed E-state index contributed by atoms with van der Waals surface area (Å²) in [5, 5.41) is 10.7. The number of H-pyrrole nitrogens is 1. The molecule has 0 aliphatic carbocycles. The summed E-state index contributed by atoms with van der Waals surface area (Å²) in [6.07, 6.45) is 3.45. The van der Waals surface area contributed by atoms with Crippen molar-refractivity contribution in [1.29, 1.82) is 5.26 Å². The van der Waals surface area contributed by atoms with Gasteiger partial charge in [-0.3, -0.25) is 9.78 Å². The number of nitrogens with zero attached hydrogens (tertiary/aromatic N) is 2. The van der Waals surface area contributed by atoms with Gasteiger partial charge in [0.15, 0.2) is 0 Å². The predicted octanol–water partition coefficient (Wildman–Crippen LogP) is 2.01. The number of aromatic amines is 1. The van der Waals surface area contributed by atoms with Crippen LogP contribution in [0.3, 0.4) is 0 Å². The van der Waals surface area contributed by atoms with Crippen LogP contribution in [0.5, 0.6) is 0 Å². The molecular formula is C11H5N3OS. The fourth-order valence-corrected chi connectivity index (χ4v) is 2.71. The van der Waals surface area contributed by atoms with E-state index in [1.165, 1.54) is 11.3 Å². The van der Waals surface area contributed by atoms with Crippen LogP contribution >= 0.6 is 11.3 Å². The van der Waals surface area contributed by atoms with Crippen molar-refractivity contribution in [3.05, 3.63) is 40.4 Å². The van der Waals surface area contributed by atoms with Gasteiger partial charge >= 0.3 is 0 Å². The van der Waals surface area contributed by atoms with Crippen molar-refractivity contribution in [3.63, 3.8) is 0 Å². The fraction of sp³-hybridized carbons (Fsp3) is 0. The highest BCUT2D eigenvalue weighted by Gasteiger charge is 2.08. The molecule has 0 aliphatic heterocycles.